The van der Waals surface area contributed by atoms with Crippen molar-refractivity contribution in [2.45, 2.75) is 25.4 Å². The van der Waals surface area contributed by atoms with Gasteiger partial charge in [0.05, 0.1) is 23.7 Å². The van der Waals surface area contributed by atoms with Crippen LogP contribution in [0.2, 0.25) is 0 Å². The number of fused-ring (bicyclic) bond motifs is 1. The second-order valence-corrected chi connectivity index (χ2v) is 13.4. The molecule has 256 valence electrons. The second kappa shape index (κ2) is 12.2. The molecule has 5 aromatic rings. The van der Waals surface area contributed by atoms with Crippen LogP contribution >= 0.6 is 0 Å². The number of carbonyl (C=O) groups is 2. The predicted molar refractivity (Wildman–Crippen MR) is 180 cm³/mol. The molecule has 0 aliphatic carbocycles. The van der Waals surface area contributed by atoms with E-state index in [-0.39, 0.29) is 23.9 Å². The Morgan fingerprint density at radius 2 is 1.78 bits per heavy atom. The molecule has 0 radical (unpaired) electrons. The zero-order chi connectivity index (χ0) is 34.6. The number of aromatic nitrogens is 6. The SMILES string of the molecule is Cn1cc(-c2ccc(C3=CCN(C(=O)CN4CCC5(CCN(c6ccc7[nH]nc(-c8ccnc(C(F)(F)F)c8)c7c6)C5=O)C4)CC3)cc2)nn1. The molecule has 3 aliphatic rings. The second-order valence-electron chi connectivity index (χ2n) is 13.4. The number of rotatable bonds is 6. The first-order chi connectivity index (χ1) is 24.1. The highest BCUT2D eigenvalue weighted by Crippen LogP contribution is 2.43. The smallest absolute Gasteiger partial charge is 0.338 e. The number of aromatic amines is 1. The summed E-state index contributed by atoms with van der Waals surface area (Å²) in [7, 11) is 1.84. The summed E-state index contributed by atoms with van der Waals surface area (Å²) in [4.78, 5) is 36.5. The standard InChI is InChI=1S/C36H34F3N9O2/c1-45-20-30(42-44-45)25-4-2-23(3-5-25)24-9-14-47(15-10-24)32(49)21-46-16-11-35(22-46)12-17-48(34(35)50)27-6-7-29-28(19-27)33(43-41-29)26-8-13-40-31(18-26)36(37,38)39/h2-9,13,18-20H,10-12,14-17,21-22H2,1H3,(H,41,43). The van der Waals surface area contributed by atoms with Gasteiger partial charge in [-0.3, -0.25) is 29.3 Å². The number of nitrogens with one attached hydrogen (secondary N) is 1. The third kappa shape index (κ3) is 5.82. The molecular weight excluding hydrogens is 647 g/mol. The Hall–Kier alpha value is -5.37. The molecule has 1 N–H and O–H groups in total. The van der Waals surface area contributed by atoms with Gasteiger partial charge in [0.1, 0.15) is 17.1 Å². The summed E-state index contributed by atoms with van der Waals surface area (Å²) in [6.07, 6.45) is 2.64. The van der Waals surface area contributed by atoms with Crippen molar-refractivity contribution in [2.75, 3.05) is 44.2 Å². The van der Waals surface area contributed by atoms with E-state index >= 15 is 0 Å². The number of hydrogen-bond donors (Lipinski definition) is 1. The molecule has 14 heteroatoms. The third-order valence-corrected chi connectivity index (χ3v) is 10.2. The summed E-state index contributed by atoms with van der Waals surface area (Å²) in [5.74, 6) is 0.0661. The lowest BCUT2D eigenvalue weighted by Gasteiger charge is -2.29. The number of aryl methyl sites for hydroxylation is 1. The maximum Gasteiger partial charge on any atom is 0.433 e. The Morgan fingerprint density at radius 3 is 2.52 bits per heavy atom. The number of hydrogen-bond acceptors (Lipinski definition) is 7. The van der Waals surface area contributed by atoms with Crippen molar-refractivity contribution in [1.29, 1.82) is 0 Å². The molecule has 50 heavy (non-hydrogen) atoms. The van der Waals surface area contributed by atoms with Gasteiger partial charge in [-0.1, -0.05) is 35.6 Å². The van der Waals surface area contributed by atoms with Crippen molar-refractivity contribution in [3.8, 4) is 22.5 Å². The molecule has 1 spiro atoms. The molecule has 3 aromatic heterocycles. The first kappa shape index (κ1) is 31.9. The number of halogens is 3. The van der Waals surface area contributed by atoms with Crippen LogP contribution in [0.3, 0.4) is 0 Å². The summed E-state index contributed by atoms with van der Waals surface area (Å²) in [5, 5.41) is 16.0. The molecular formula is C36H34F3N9O2. The van der Waals surface area contributed by atoms with Gasteiger partial charge in [0.2, 0.25) is 11.8 Å². The van der Waals surface area contributed by atoms with Crippen LogP contribution in [0.4, 0.5) is 18.9 Å². The van der Waals surface area contributed by atoms with Gasteiger partial charge in [-0.15, -0.1) is 5.10 Å². The number of alkyl halides is 3. The zero-order valence-corrected chi connectivity index (χ0v) is 27.3. The van der Waals surface area contributed by atoms with Crippen LogP contribution in [-0.2, 0) is 22.8 Å². The highest BCUT2D eigenvalue weighted by Gasteiger charge is 2.51. The summed E-state index contributed by atoms with van der Waals surface area (Å²) < 4.78 is 41.7. The van der Waals surface area contributed by atoms with Crippen molar-refractivity contribution < 1.29 is 22.8 Å². The Bertz CT molecular complexity index is 2140. The Morgan fingerprint density at radius 1 is 0.980 bits per heavy atom. The molecule has 1 atom stereocenters. The minimum absolute atomic E-state index is 0.0102. The quantitative estimate of drug-likeness (QED) is 0.263. The van der Waals surface area contributed by atoms with Gasteiger partial charge in [0.15, 0.2) is 0 Å². The van der Waals surface area contributed by atoms with Crippen molar-refractivity contribution in [3.63, 3.8) is 0 Å². The van der Waals surface area contributed by atoms with E-state index in [0.29, 0.717) is 67.8 Å². The zero-order valence-electron chi connectivity index (χ0n) is 27.3. The number of pyridine rings is 1. The van der Waals surface area contributed by atoms with Gasteiger partial charge < -0.3 is 9.80 Å². The van der Waals surface area contributed by atoms with Gasteiger partial charge in [0.25, 0.3) is 0 Å². The predicted octanol–water partition coefficient (Wildman–Crippen LogP) is 5.18. The van der Waals surface area contributed by atoms with Gasteiger partial charge in [0, 0.05) is 61.6 Å². The van der Waals surface area contributed by atoms with E-state index in [1.165, 1.54) is 11.6 Å². The third-order valence-electron chi connectivity index (χ3n) is 10.2. The van der Waals surface area contributed by atoms with Gasteiger partial charge in [-0.2, -0.15) is 18.3 Å². The molecule has 2 aromatic carbocycles. The first-order valence-electron chi connectivity index (χ1n) is 16.6. The maximum atomic E-state index is 14.0. The van der Waals surface area contributed by atoms with Gasteiger partial charge >= 0.3 is 6.18 Å². The van der Waals surface area contributed by atoms with E-state index in [9.17, 15) is 22.8 Å². The molecule has 1 unspecified atom stereocenters. The number of H-pyrrole nitrogens is 1. The fourth-order valence-electron chi connectivity index (χ4n) is 7.45. The average molecular weight is 682 g/mol. The molecule has 2 saturated heterocycles. The fraction of sp³-hybridized carbons (Fsp3) is 0.333. The Balaban J connectivity index is 0.903. The van der Waals surface area contributed by atoms with Crippen molar-refractivity contribution in [3.05, 3.63) is 84.3 Å². The number of carbonyl (C=O) groups excluding carboxylic acids is 2. The lowest BCUT2D eigenvalue weighted by Crippen LogP contribution is -2.43. The molecule has 0 saturated carbocycles. The fourth-order valence-corrected chi connectivity index (χ4v) is 7.45. The number of anilines is 1. The van der Waals surface area contributed by atoms with Crippen molar-refractivity contribution >= 4 is 34.0 Å². The molecule has 0 bridgehead atoms. The van der Waals surface area contributed by atoms with E-state index in [1.807, 2.05) is 36.3 Å². The summed E-state index contributed by atoms with van der Waals surface area (Å²) in [5.41, 5.74) is 4.56. The first-order valence-corrected chi connectivity index (χ1v) is 16.6. The largest absolute Gasteiger partial charge is 0.433 e. The van der Waals surface area contributed by atoms with Crippen LogP contribution < -0.4 is 4.90 Å². The lowest BCUT2D eigenvalue weighted by molar-refractivity contribution is -0.141. The van der Waals surface area contributed by atoms with E-state index < -0.39 is 17.3 Å². The Kier molecular flexibility index (Phi) is 7.77. The monoisotopic (exact) mass is 681 g/mol. The number of likely N-dealkylation sites (tertiary alicyclic amines) is 1. The number of nitrogens with zero attached hydrogens (tertiary/aromatic N) is 8. The van der Waals surface area contributed by atoms with E-state index in [0.717, 1.165) is 35.5 Å². The minimum atomic E-state index is -4.58. The van der Waals surface area contributed by atoms with Crippen molar-refractivity contribution in [2.24, 2.45) is 12.5 Å². The topological polar surface area (TPSA) is 116 Å². The van der Waals surface area contributed by atoms with E-state index in [2.05, 4.69) is 48.6 Å². The van der Waals surface area contributed by atoms with Crippen LogP contribution in [0.1, 0.15) is 30.5 Å². The lowest BCUT2D eigenvalue weighted by atomic mass is 9.85. The van der Waals surface area contributed by atoms with Crippen LogP contribution in [-0.4, -0.2) is 91.1 Å². The van der Waals surface area contributed by atoms with Crippen LogP contribution in [0, 0.1) is 5.41 Å². The Labute approximate surface area is 285 Å². The molecule has 11 nitrogen and oxygen atoms in total. The molecule has 6 heterocycles. The van der Waals surface area contributed by atoms with E-state index in [1.54, 1.807) is 21.7 Å². The van der Waals surface area contributed by atoms with Crippen LogP contribution in [0.5, 0.6) is 0 Å². The number of benzene rings is 2. The highest BCUT2D eigenvalue weighted by atomic mass is 19.4. The normalized spacial score (nSPS) is 20.0. The van der Waals surface area contributed by atoms with Crippen molar-refractivity contribution in [1.82, 2.24) is 40.0 Å². The van der Waals surface area contributed by atoms with Gasteiger partial charge in [-0.05, 0) is 67.3 Å². The average Bonchev–Trinajstić information content (AvgIpc) is 3.92. The molecule has 3 aliphatic heterocycles. The molecule has 8 rings (SSSR count). The minimum Gasteiger partial charge on any atom is -0.338 e. The number of amides is 2. The molecule has 2 fully saturated rings. The summed E-state index contributed by atoms with van der Waals surface area (Å²) >= 11 is 0. The molecule has 2 amide bonds. The van der Waals surface area contributed by atoms with E-state index in [4.69, 9.17) is 0 Å². The van der Waals surface area contributed by atoms with Crippen LogP contribution in [0.25, 0.3) is 39.0 Å². The maximum absolute atomic E-state index is 14.0. The summed E-state index contributed by atoms with van der Waals surface area (Å²) in [6, 6.07) is 16.1. The highest BCUT2D eigenvalue weighted by molar-refractivity contribution is 6.03. The summed E-state index contributed by atoms with van der Waals surface area (Å²) in [6.45, 7) is 3.14. The van der Waals surface area contributed by atoms with Crippen LogP contribution in [0.15, 0.2) is 73.1 Å². The van der Waals surface area contributed by atoms with Gasteiger partial charge in [-0.25, -0.2) is 0 Å².